The standard InChI is InChI=1S/C23H17Br2NO5/c1-12-3-9-18(31-12)20-19(21(27)13-4-10-17(30-2)16(25)11-13)22(28)23(29)26(20)15-7-5-14(24)6-8-15/h3-11,20,27H,1-2H3/b21-19-. The Morgan fingerprint density at radius 2 is 1.77 bits per heavy atom. The summed E-state index contributed by atoms with van der Waals surface area (Å²) >= 11 is 6.76. The van der Waals surface area contributed by atoms with Crippen LogP contribution < -0.4 is 9.64 Å². The third-order valence-corrected chi connectivity index (χ3v) is 6.15. The number of anilines is 1. The van der Waals surface area contributed by atoms with Gasteiger partial charge >= 0.3 is 0 Å². The Labute approximate surface area is 195 Å². The minimum atomic E-state index is -0.907. The van der Waals surface area contributed by atoms with Crippen LogP contribution in [0.5, 0.6) is 5.75 Å². The van der Waals surface area contributed by atoms with Crippen molar-refractivity contribution in [2.45, 2.75) is 13.0 Å². The zero-order valence-electron chi connectivity index (χ0n) is 16.6. The van der Waals surface area contributed by atoms with Crippen LogP contribution in [0.2, 0.25) is 0 Å². The molecule has 1 amide bonds. The fraction of sp³-hybridized carbons (Fsp3) is 0.130. The van der Waals surface area contributed by atoms with Gasteiger partial charge in [-0.1, -0.05) is 15.9 Å². The number of aryl methyl sites for hydroxylation is 1. The molecule has 0 aliphatic carbocycles. The average molecular weight is 547 g/mol. The first-order chi connectivity index (χ1) is 14.8. The highest BCUT2D eigenvalue weighted by atomic mass is 79.9. The van der Waals surface area contributed by atoms with E-state index in [1.807, 2.05) is 0 Å². The van der Waals surface area contributed by atoms with E-state index >= 15 is 0 Å². The number of hydrogen-bond acceptors (Lipinski definition) is 5. The molecule has 1 atom stereocenters. The number of carbonyl (C=O) groups is 2. The molecule has 0 radical (unpaired) electrons. The maximum absolute atomic E-state index is 13.1. The first-order valence-corrected chi connectivity index (χ1v) is 10.9. The molecule has 6 nitrogen and oxygen atoms in total. The summed E-state index contributed by atoms with van der Waals surface area (Å²) in [7, 11) is 1.53. The van der Waals surface area contributed by atoms with Crippen LogP contribution >= 0.6 is 31.9 Å². The van der Waals surface area contributed by atoms with Gasteiger partial charge in [-0.2, -0.15) is 0 Å². The summed E-state index contributed by atoms with van der Waals surface area (Å²) < 4.78 is 12.5. The number of nitrogens with zero attached hydrogens (tertiary/aromatic N) is 1. The van der Waals surface area contributed by atoms with Crippen molar-refractivity contribution in [2.75, 3.05) is 12.0 Å². The van der Waals surface area contributed by atoms with E-state index in [-0.39, 0.29) is 11.3 Å². The predicted octanol–water partition coefficient (Wildman–Crippen LogP) is 5.75. The molecule has 1 saturated heterocycles. The van der Waals surface area contributed by atoms with Crippen LogP contribution in [0.4, 0.5) is 5.69 Å². The van der Waals surface area contributed by atoms with Gasteiger partial charge in [0.05, 0.1) is 17.2 Å². The number of rotatable bonds is 4. The van der Waals surface area contributed by atoms with E-state index in [1.54, 1.807) is 61.5 Å². The number of ketones is 1. The molecule has 2 aromatic carbocycles. The lowest BCUT2D eigenvalue weighted by Gasteiger charge is -2.23. The number of methoxy groups -OCH3 is 1. The number of aliphatic hydroxyl groups excluding tert-OH is 1. The summed E-state index contributed by atoms with van der Waals surface area (Å²) in [6.45, 7) is 1.77. The van der Waals surface area contributed by atoms with Crippen LogP contribution in [0.1, 0.15) is 23.1 Å². The molecule has 4 rings (SSSR count). The highest BCUT2D eigenvalue weighted by Crippen LogP contribution is 2.43. The Morgan fingerprint density at radius 1 is 1.06 bits per heavy atom. The molecule has 1 fully saturated rings. The van der Waals surface area contributed by atoms with Crippen LogP contribution in [0.3, 0.4) is 0 Å². The van der Waals surface area contributed by atoms with Crippen molar-refractivity contribution in [3.8, 4) is 5.75 Å². The number of hydrogen-bond donors (Lipinski definition) is 1. The van der Waals surface area contributed by atoms with Crippen molar-refractivity contribution in [2.24, 2.45) is 0 Å². The van der Waals surface area contributed by atoms with E-state index in [9.17, 15) is 14.7 Å². The minimum absolute atomic E-state index is 0.0423. The van der Waals surface area contributed by atoms with Gasteiger partial charge in [-0.15, -0.1) is 0 Å². The van der Waals surface area contributed by atoms with Crippen LogP contribution in [-0.2, 0) is 9.59 Å². The second kappa shape index (κ2) is 8.36. The average Bonchev–Trinajstić information content (AvgIpc) is 3.29. The number of carbonyl (C=O) groups excluding carboxylic acids is 2. The monoisotopic (exact) mass is 545 g/mol. The first-order valence-electron chi connectivity index (χ1n) is 9.28. The maximum Gasteiger partial charge on any atom is 0.300 e. The number of furan rings is 1. The molecule has 1 unspecified atom stereocenters. The highest BCUT2D eigenvalue weighted by molar-refractivity contribution is 9.10. The van der Waals surface area contributed by atoms with Crippen molar-refractivity contribution in [1.29, 1.82) is 0 Å². The SMILES string of the molecule is COc1ccc(/C(O)=C2/C(=O)C(=O)N(c3ccc(Br)cc3)C2c2ccc(C)o2)cc1Br. The molecule has 1 N–H and O–H groups in total. The van der Waals surface area contributed by atoms with E-state index in [0.717, 1.165) is 4.47 Å². The lowest BCUT2D eigenvalue weighted by molar-refractivity contribution is -0.132. The maximum atomic E-state index is 13.1. The molecule has 0 saturated carbocycles. The van der Waals surface area contributed by atoms with Gasteiger partial charge in [-0.3, -0.25) is 14.5 Å². The molecule has 1 aliphatic heterocycles. The molecule has 1 aliphatic rings. The molecule has 2 heterocycles. The van der Waals surface area contributed by atoms with Crippen LogP contribution in [0.15, 0.2) is 73.5 Å². The highest BCUT2D eigenvalue weighted by Gasteiger charge is 2.48. The normalized spacial score (nSPS) is 17.9. The topological polar surface area (TPSA) is 80.0 Å². The smallest absolute Gasteiger partial charge is 0.300 e. The number of Topliss-reactive ketones (excluding diaryl/α,β-unsaturated/α-hetero) is 1. The van der Waals surface area contributed by atoms with Crippen molar-refractivity contribution in [3.63, 3.8) is 0 Å². The van der Waals surface area contributed by atoms with E-state index in [0.29, 0.717) is 33.0 Å². The molecule has 158 valence electrons. The molecule has 0 bridgehead atoms. The second-order valence-corrected chi connectivity index (χ2v) is 8.71. The molecule has 0 spiro atoms. The number of halogens is 2. The number of benzene rings is 2. The zero-order valence-corrected chi connectivity index (χ0v) is 19.7. The molecule has 31 heavy (non-hydrogen) atoms. The Kier molecular flexibility index (Phi) is 5.77. The van der Waals surface area contributed by atoms with Gasteiger partial charge in [-0.25, -0.2) is 0 Å². The fourth-order valence-corrected chi connectivity index (χ4v) is 4.34. The third-order valence-electron chi connectivity index (χ3n) is 5.01. The largest absolute Gasteiger partial charge is 0.507 e. The summed E-state index contributed by atoms with van der Waals surface area (Å²) in [6, 6.07) is 14.5. The van der Waals surface area contributed by atoms with E-state index in [1.165, 1.54) is 12.0 Å². The molecular weight excluding hydrogens is 530 g/mol. The predicted molar refractivity (Wildman–Crippen MR) is 123 cm³/mol. The van der Waals surface area contributed by atoms with Crippen molar-refractivity contribution >= 4 is 55.0 Å². The van der Waals surface area contributed by atoms with E-state index < -0.39 is 17.7 Å². The summed E-state index contributed by atoms with van der Waals surface area (Å²) in [6.07, 6.45) is 0. The molecular formula is C23H17Br2NO5. The van der Waals surface area contributed by atoms with Crippen LogP contribution in [0.25, 0.3) is 5.76 Å². The van der Waals surface area contributed by atoms with Gasteiger partial charge in [0.1, 0.15) is 29.1 Å². The molecule has 8 heteroatoms. The Morgan fingerprint density at radius 3 is 2.35 bits per heavy atom. The Balaban J connectivity index is 1.92. The van der Waals surface area contributed by atoms with Gasteiger partial charge in [0, 0.05) is 15.7 Å². The first kappa shape index (κ1) is 21.4. The lowest BCUT2D eigenvalue weighted by atomic mass is 9.99. The van der Waals surface area contributed by atoms with Gasteiger partial charge in [0.15, 0.2) is 0 Å². The molecule has 3 aromatic rings. The molecule has 1 aromatic heterocycles. The van der Waals surface area contributed by atoms with Gasteiger partial charge in [-0.05, 0) is 77.5 Å². The lowest BCUT2D eigenvalue weighted by Crippen LogP contribution is -2.29. The second-order valence-electron chi connectivity index (χ2n) is 6.94. The number of amides is 1. The Hall–Kier alpha value is -2.84. The van der Waals surface area contributed by atoms with Gasteiger partial charge in [0.2, 0.25) is 0 Å². The quantitative estimate of drug-likeness (QED) is 0.256. The minimum Gasteiger partial charge on any atom is -0.507 e. The summed E-state index contributed by atoms with van der Waals surface area (Å²) in [5.41, 5.74) is 0.841. The van der Waals surface area contributed by atoms with Crippen LogP contribution in [0, 0.1) is 6.92 Å². The van der Waals surface area contributed by atoms with Crippen LogP contribution in [-0.4, -0.2) is 23.9 Å². The summed E-state index contributed by atoms with van der Waals surface area (Å²) in [5.74, 6) is -0.232. The van der Waals surface area contributed by atoms with Crippen molar-refractivity contribution in [3.05, 3.63) is 86.2 Å². The fourth-order valence-electron chi connectivity index (χ4n) is 3.54. The van der Waals surface area contributed by atoms with Gasteiger partial charge < -0.3 is 14.3 Å². The number of ether oxygens (including phenoxy) is 1. The third kappa shape index (κ3) is 3.81. The van der Waals surface area contributed by atoms with Gasteiger partial charge in [0.25, 0.3) is 11.7 Å². The van der Waals surface area contributed by atoms with Crippen molar-refractivity contribution < 1.29 is 23.8 Å². The summed E-state index contributed by atoms with van der Waals surface area (Å²) in [4.78, 5) is 27.5. The zero-order chi connectivity index (χ0) is 22.3. The van der Waals surface area contributed by atoms with E-state index in [2.05, 4.69) is 31.9 Å². The van der Waals surface area contributed by atoms with E-state index in [4.69, 9.17) is 9.15 Å². The Bertz CT molecular complexity index is 1210. The summed E-state index contributed by atoms with van der Waals surface area (Å²) in [5, 5.41) is 11.1. The number of aliphatic hydroxyl groups is 1. The van der Waals surface area contributed by atoms with Crippen molar-refractivity contribution in [1.82, 2.24) is 0 Å².